The van der Waals surface area contributed by atoms with Crippen LogP contribution in [0.15, 0.2) is 23.2 Å². The van der Waals surface area contributed by atoms with Crippen LogP contribution in [-0.2, 0) is 10.0 Å². The predicted molar refractivity (Wildman–Crippen MR) is 86.3 cm³/mol. The number of sulfonamides is 1. The lowest BCUT2D eigenvalue weighted by Gasteiger charge is -2.14. The van der Waals surface area contributed by atoms with Crippen LogP contribution in [0.3, 0.4) is 0 Å². The molecule has 0 radical (unpaired) electrons. The third-order valence-corrected chi connectivity index (χ3v) is 5.55. The molecule has 1 N–H and O–H groups in total. The molecule has 0 bridgehead atoms. The van der Waals surface area contributed by atoms with Crippen molar-refractivity contribution in [3.8, 4) is 11.4 Å². The van der Waals surface area contributed by atoms with Gasteiger partial charge in [0, 0.05) is 25.0 Å². The van der Waals surface area contributed by atoms with E-state index in [1.54, 1.807) is 12.4 Å². The highest BCUT2D eigenvalue weighted by Gasteiger charge is 2.36. The van der Waals surface area contributed by atoms with E-state index in [0.29, 0.717) is 36.7 Å². The minimum atomic E-state index is -3.24. The van der Waals surface area contributed by atoms with Crippen LogP contribution >= 0.6 is 0 Å². The van der Waals surface area contributed by atoms with Crippen LogP contribution in [-0.4, -0.2) is 58.8 Å². The third-order valence-electron chi connectivity index (χ3n) is 3.91. The summed E-state index contributed by atoms with van der Waals surface area (Å²) in [5.74, 6) is 1.03. The van der Waals surface area contributed by atoms with E-state index in [4.69, 9.17) is 4.52 Å². The van der Waals surface area contributed by atoms with Gasteiger partial charge < -0.3 is 4.52 Å². The van der Waals surface area contributed by atoms with E-state index in [0.717, 1.165) is 0 Å². The normalized spacial score (nSPS) is 22.1. The largest absolute Gasteiger partial charge is 0.337 e. The van der Waals surface area contributed by atoms with Crippen LogP contribution in [0.25, 0.3) is 11.4 Å². The average molecular weight is 352 g/mol. The van der Waals surface area contributed by atoms with Gasteiger partial charge in [-0.3, -0.25) is 4.90 Å². The van der Waals surface area contributed by atoms with Crippen LogP contribution in [0.1, 0.15) is 31.7 Å². The molecule has 0 aliphatic carbocycles. The Morgan fingerprint density at radius 3 is 2.83 bits per heavy atom. The van der Waals surface area contributed by atoms with E-state index in [2.05, 4.69) is 24.8 Å². The van der Waals surface area contributed by atoms with Gasteiger partial charge in [0.25, 0.3) is 0 Å². The van der Waals surface area contributed by atoms with Gasteiger partial charge in [0.05, 0.1) is 17.4 Å². The van der Waals surface area contributed by atoms with Crippen molar-refractivity contribution in [1.82, 2.24) is 29.7 Å². The first-order valence-electron chi connectivity index (χ1n) is 7.77. The lowest BCUT2D eigenvalue weighted by atomic mass is 10.2. The maximum atomic E-state index is 11.9. The first kappa shape index (κ1) is 16.9. The van der Waals surface area contributed by atoms with Crippen molar-refractivity contribution in [3.63, 3.8) is 0 Å². The first-order chi connectivity index (χ1) is 11.5. The summed E-state index contributed by atoms with van der Waals surface area (Å²) in [6, 6.07) is -0.280. The van der Waals surface area contributed by atoms with Crippen LogP contribution < -0.4 is 4.72 Å². The third kappa shape index (κ3) is 3.77. The van der Waals surface area contributed by atoms with E-state index in [9.17, 15) is 8.42 Å². The number of likely N-dealkylation sites (tertiary alicyclic amines) is 1. The lowest BCUT2D eigenvalue weighted by Crippen LogP contribution is -2.37. The van der Waals surface area contributed by atoms with E-state index < -0.39 is 10.0 Å². The van der Waals surface area contributed by atoms with Crippen molar-refractivity contribution in [2.75, 3.05) is 19.3 Å². The zero-order valence-corrected chi connectivity index (χ0v) is 14.4. The van der Waals surface area contributed by atoms with Gasteiger partial charge in [-0.15, -0.1) is 0 Å². The van der Waals surface area contributed by atoms with Crippen molar-refractivity contribution in [1.29, 1.82) is 0 Å². The summed E-state index contributed by atoms with van der Waals surface area (Å²) < 4.78 is 32.0. The van der Waals surface area contributed by atoms with Gasteiger partial charge in [-0.05, 0) is 19.9 Å². The molecule has 0 aromatic carbocycles. The minimum absolute atomic E-state index is 0.120. The summed E-state index contributed by atoms with van der Waals surface area (Å²) in [5, 5.41) is 3.96. The molecular weight excluding hydrogens is 332 g/mol. The summed E-state index contributed by atoms with van der Waals surface area (Å²) in [7, 11) is -1.33. The van der Waals surface area contributed by atoms with Crippen LogP contribution in [0, 0.1) is 0 Å². The molecule has 0 saturated carbocycles. The second-order valence-corrected chi connectivity index (χ2v) is 7.78. The van der Waals surface area contributed by atoms with Crippen molar-refractivity contribution in [2.24, 2.45) is 0 Å². The maximum Gasteiger partial charge on any atom is 0.244 e. The van der Waals surface area contributed by atoms with Gasteiger partial charge in [0.2, 0.25) is 21.7 Å². The quantitative estimate of drug-likeness (QED) is 0.804. The summed E-state index contributed by atoms with van der Waals surface area (Å²) >= 11 is 0. The fourth-order valence-electron chi connectivity index (χ4n) is 2.86. The highest BCUT2D eigenvalue weighted by atomic mass is 32.2. The number of nitrogens with zero attached hydrogens (tertiary/aromatic N) is 5. The van der Waals surface area contributed by atoms with E-state index in [-0.39, 0.29) is 17.8 Å². The Labute approximate surface area is 140 Å². The van der Waals surface area contributed by atoms with Gasteiger partial charge in [-0.25, -0.2) is 23.1 Å². The Kier molecular flexibility index (Phi) is 4.88. The lowest BCUT2D eigenvalue weighted by molar-refractivity contribution is 0.244. The minimum Gasteiger partial charge on any atom is -0.337 e. The van der Waals surface area contributed by atoms with Crippen LogP contribution in [0.5, 0.6) is 0 Å². The molecule has 0 unspecified atom stereocenters. The van der Waals surface area contributed by atoms with Gasteiger partial charge in [-0.1, -0.05) is 12.1 Å². The van der Waals surface area contributed by atoms with Crippen molar-refractivity contribution in [3.05, 3.63) is 24.6 Å². The molecular formula is C14H20N6O3S. The van der Waals surface area contributed by atoms with Gasteiger partial charge in [0.15, 0.2) is 0 Å². The molecule has 9 nitrogen and oxygen atoms in total. The van der Waals surface area contributed by atoms with Gasteiger partial charge in [0.1, 0.15) is 6.33 Å². The molecule has 2 aromatic rings. The second kappa shape index (κ2) is 6.91. The van der Waals surface area contributed by atoms with Crippen LogP contribution in [0.2, 0.25) is 0 Å². The smallest absolute Gasteiger partial charge is 0.244 e. The van der Waals surface area contributed by atoms with Gasteiger partial charge >= 0.3 is 0 Å². The molecule has 10 heteroatoms. The Hall–Kier alpha value is -1.91. The molecule has 24 heavy (non-hydrogen) atoms. The number of hydrogen-bond donors (Lipinski definition) is 1. The summed E-state index contributed by atoms with van der Waals surface area (Å²) in [5.41, 5.74) is 0.674. The Morgan fingerprint density at radius 1 is 1.38 bits per heavy atom. The molecule has 3 rings (SSSR count). The fraction of sp³-hybridized carbons (Fsp3) is 0.571. The van der Waals surface area contributed by atoms with Crippen molar-refractivity contribution < 1.29 is 12.9 Å². The molecule has 1 saturated heterocycles. The SMILES string of the molecule is CCCS(=O)(=O)N[C@@H]1C[C@@H](c2nc(-c3cncnc3)no2)N(C)C1. The first-order valence-corrected chi connectivity index (χ1v) is 9.43. The standard InChI is InChI=1S/C14H20N6O3S/c1-3-4-24(21,22)19-11-5-12(20(2)8-11)14-17-13(18-23-14)10-6-15-9-16-7-10/h6-7,9,11-12,19H,3-5,8H2,1-2H3/t11-,12+/m1/s1. The topological polar surface area (TPSA) is 114 Å². The molecule has 0 spiro atoms. The monoisotopic (exact) mass is 352 g/mol. The van der Waals surface area contributed by atoms with Gasteiger partial charge in [-0.2, -0.15) is 4.98 Å². The Bertz CT molecular complexity index is 779. The summed E-state index contributed by atoms with van der Waals surface area (Å²) in [4.78, 5) is 14.3. The number of nitrogens with one attached hydrogen (secondary N) is 1. The van der Waals surface area contributed by atoms with E-state index in [1.807, 2.05) is 18.9 Å². The zero-order chi connectivity index (χ0) is 17.2. The molecule has 3 heterocycles. The predicted octanol–water partition coefficient (Wildman–Crippen LogP) is 0.601. The molecule has 1 aliphatic heterocycles. The molecule has 2 atom stereocenters. The summed E-state index contributed by atoms with van der Waals surface area (Å²) in [6.45, 7) is 2.44. The average Bonchev–Trinajstić information content (AvgIpc) is 3.14. The highest BCUT2D eigenvalue weighted by Crippen LogP contribution is 2.31. The van der Waals surface area contributed by atoms with E-state index in [1.165, 1.54) is 6.33 Å². The molecule has 130 valence electrons. The van der Waals surface area contributed by atoms with Crippen LogP contribution in [0.4, 0.5) is 0 Å². The fourth-order valence-corrected chi connectivity index (χ4v) is 4.19. The second-order valence-electron chi connectivity index (χ2n) is 5.91. The Morgan fingerprint density at radius 2 is 2.12 bits per heavy atom. The Balaban J connectivity index is 1.71. The molecule has 0 amide bonds. The molecule has 1 fully saturated rings. The number of aromatic nitrogens is 4. The van der Waals surface area contributed by atoms with Crippen molar-refractivity contribution in [2.45, 2.75) is 31.8 Å². The van der Waals surface area contributed by atoms with Crippen molar-refractivity contribution >= 4 is 10.0 Å². The molecule has 2 aromatic heterocycles. The number of hydrogen-bond acceptors (Lipinski definition) is 8. The maximum absolute atomic E-state index is 11.9. The number of rotatable bonds is 6. The number of likely N-dealkylation sites (N-methyl/N-ethyl adjacent to an activating group) is 1. The molecule has 1 aliphatic rings. The zero-order valence-electron chi connectivity index (χ0n) is 13.6. The summed E-state index contributed by atoms with van der Waals surface area (Å²) in [6.07, 6.45) is 5.84. The highest BCUT2D eigenvalue weighted by molar-refractivity contribution is 7.89. The van der Waals surface area contributed by atoms with E-state index >= 15 is 0 Å².